The smallest absolute Gasteiger partial charge is 0.410 e. The number of amides is 5. The summed E-state index contributed by atoms with van der Waals surface area (Å²) >= 11 is 0. The Morgan fingerprint density at radius 2 is 1.57 bits per heavy atom. The van der Waals surface area contributed by atoms with Crippen molar-refractivity contribution in [3.05, 3.63) is 71.3 Å². The molecule has 1 saturated heterocycles. The van der Waals surface area contributed by atoms with Crippen LogP contribution < -0.4 is 16.0 Å². The van der Waals surface area contributed by atoms with Crippen molar-refractivity contribution in [1.29, 1.82) is 0 Å². The number of rotatable bonds is 15. The number of ether oxygens (including phenoxy) is 1. The monoisotopic (exact) mass is 733 g/mol. The quantitative estimate of drug-likeness (QED) is 0.198. The molecule has 14 nitrogen and oxygen atoms in total. The summed E-state index contributed by atoms with van der Waals surface area (Å²) in [7, 11) is 0. The van der Waals surface area contributed by atoms with Crippen LogP contribution in [-0.4, -0.2) is 106 Å². The zero-order chi connectivity index (χ0) is 38.8. The Hall–Kier alpha value is -5.11. The Balaban J connectivity index is 1.54. The van der Waals surface area contributed by atoms with E-state index in [1.165, 1.54) is 18.7 Å². The lowest BCUT2D eigenvalue weighted by Gasteiger charge is -2.31. The molecule has 53 heavy (non-hydrogen) atoms. The highest BCUT2D eigenvalue weighted by molar-refractivity contribution is 6.38. The molecule has 2 heterocycles. The SMILES string of the molecule is CCCC(NC(=O)C1C[C@@H](OC(=O)N2CCc3ccccc3C2)CN1C(=O)[C@@H](NC(=O)[C@@H](O)Cc1ccccc1)C(C)C)C(=O)C(=O)N[C@@H](C)C(C)=O. The van der Waals surface area contributed by atoms with E-state index >= 15 is 0 Å². The van der Waals surface area contributed by atoms with Gasteiger partial charge in [-0.2, -0.15) is 0 Å². The third kappa shape index (κ3) is 10.7. The van der Waals surface area contributed by atoms with Gasteiger partial charge in [-0.05, 0) is 49.3 Å². The van der Waals surface area contributed by atoms with Crippen LogP contribution >= 0.6 is 0 Å². The van der Waals surface area contributed by atoms with E-state index < -0.39 is 77.8 Å². The maximum atomic E-state index is 14.3. The molecule has 5 amide bonds. The number of nitrogens with one attached hydrogen (secondary N) is 3. The molecule has 0 aromatic heterocycles. The van der Waals surface area contributed by atoms with Crippen LogP contribution in [0.4, 0.5) is 4.79 Å². The lowest BCUT2D eigenvalue weighted by atomic mass is 10.0. The van der Waals surface area contributed by atoms with Crippen LogP contribution in [-0.2, 0) is 52.9 Å². The van der Waals surface area contributed by atoms with Crippen molar-refractivity contribution in [2.45, 2.75) is 110 Å². The van der Waals surface area contributed by atoms with E-state index in [0.29, 0.717) is 25.9 Å². The largest absolute Gasteiger partial charge is 0.444 e. The predicted molar refractivity (Wildman–Crippen MR) is 194 cm³/mol. The van der Waals surface area contributed by atoms with Crippen LogP contribution in [0.25, 0.3) is 0 Å². The summed E-state index contributed by atoms with van der Waals surface area (Å²) in [6.07, 6.45) is -1.89. The molecule has 0 radical (unpaired) electrons. The summed E-state index contributed by atoms with van der Waals surface area (Å²) in [4.78, 5) is 95.2. The van der Waals surface area contributed by atoms with E-state index in [2.05, 4.69) is 16.0 Å². The Bertz CT molecular complexity index is 1670. The summed E-state index contributed by atoms with van der Waals surface area (Å²) in [6, 6.07) is 12.1. The highest BCUT2D eigenvalue weighted by Gasteiger charge is 2.45. The van der Waals surface area contributed by atoms with Crippen LogP contribution in [0.15, 0.2) is 54.6 Å². The number of nitrogens with zero attached hydrogens (tertiary/aromatic N) is 2. The van der Waals surface area contributed by atoms with E-state index in [1.54, 1.807) is 49.9 Å². The van der Waals surface area contributed by atoms with Crippen molar-refractivity contribution in [2.75, 3.05) is 13.1 Å². The molecule has 4 N–H and O–H groups in total. The summed E-state index contributed by atoms with van der Waals surface area (Å²) in [6.45, 7) is 8.49. The summed E-state index contributed by atoms with van der Waals surface area (Å²) < 4.78 is 5.88. The van der Waals surface area contributed by atoms with Gasteiger partial charge in [0.15, 0.2) is 5.78 Å². The molecule has 4 rings (SSSR count). The number of hydrogen-bond donors (Lipinski definition) is 4. The molecular weight excluding hydrogens is 682 g/mol. The van der Waals surface area contributed by atoms with Gasteiger partial charge in [0.2, 0.25) is 23.5 Å². The van der Waals surface area contributed by atoms with Crippen molar-refractivity contribution in [2.24, 2.45) is 5.92 Å². The zero-order valence-corrected chi connectivity index (χ0v) is 31.0. The van der Waals surface area contributed by atoms with Gasteiger partial charge in [-0.15, -0.1) is 0 Å². The predicted octanol–water partition coefficient (Wildman–Crippen LogP) is 1.84. The molecule has 0 saturated carbocycles. The molecule has 2 aromatic rings. The van der Waals surface area contributed by atoms with E-state index in [-0.39, 0.29) is 31.6 Å². The fourth-order valence-electron chi connectivity index (χ4n) is 6.47. The molecule has 14 heteroatoms. The van der Waals surface area contributed by atoms with Gasteiger partial charge >= 0.3 is 6.09 Å². The normalized spacial score (nSPS) is 18.9. The van der Waals surface area contributed by atoms with Gasteiger partial charge < -0.3 is 35.6 Å². The summed E-state index contributed by atoms with van der Waals surface area (Å²) in [5.41, 5.74) is 2.86. The molecule has 2 aromatic carbocycles. The van der Waals surface area contributed by atoms with Gasteiger partial charge in [0.1, 0.15) is 24.3 Å². The number of ketones is 2. The number of fused-ring (bicyclic) bond motifs is 1. The molecule has 0 spiro atoms. The van der Waals surface area contributed by atoms with Crippen molar-refractivity contribution < 1.29 is 43.4 Å². The van der Waals surface area contributed by atoms with Crippen molar-refractivity contribution in [3.63, 3.8) is 0 Å². The van der Waals surface area contributed by atoms with Crippen LogP contribution in [0.3, 0.4) is 0 Å². The van der Waals surface area contributed by atoms with Gasteiger partial charge in [0.25, 0.3) is 5.91 Å². The number of benzene rings is 2. The average Bonchev–Trinajstić information content (AvgIpc) is 3.56. The van der Waals surface area contributed by atoms with Gasteiger partial charge in [-0.25, -0.2) is 4.79 Å². The summed E-state index contributed by atoms with van der Waals surface area (Å²) in [5, 5.41) is 18.3. The van der Waals surface area contributed by atoms with Crippen LogP contribution in [0.1, 0.15) is 70.6 Å². The maximum Gasteiger partial charge on any atom is 0.410 e. The number of Topliss-reactive ketones (excluding diaryl/α,β-unsaturated/α-hetero) is 2. The van der Waals surface area contributed by atoms with E-state index in [4.69, 9.17) is 4.74 Å². The Kier molecular flexibility index (Phi) is 14.3. The zero-order valence-electron chi connectivity index (χ0n) is 31.0. The first-order valence-electron chi connectivity index (χ1n) is 18.2. The lowest BCUT2D eigenvalue weighted by Crippen LogP contribution is -2.58. The second-order valence-electron chi connectivity index (χ2n) is 14.1. The molecule has 0 bridgehead atoms. The minimum Gasteiger partial charge on any atom is -0.444 e. The van der Waals surface area contributed by atoms with Crippen LogP contribution in [0.2, 0.25) is 0 Å². The lowest BCUT2D eigenvalue weighted by molar-refractivity contribution is -0.145. The Morgan fingerprint density at radius 3 is 2.21 bits per heavy atom. The van der Waals surface area contributed by atoms with Gasteiger partial charge in [0.05, 0.1) is 18.6 Å². The highest BCUT2D eigenvalue weighted by atomic mass is 16.6. The minimum absolute atomic E-state index is 0.0189. The second-order valence-corrected chi connectivity index (χ2v) is 14.1. The molecule has 2 aliphatic rings. The first-order valence-corrected chi connectivity index (χ1v) is 18.2. The topological polar surface area (TPSA) is 192 Å². The minimum atomic E-state index is -1.45. The number of carbonyl (C=O) groups is 7. The average molecular weight is 734 g/mol. The van der Waals surface area contributed by atoms with Crippen molar-refractivity contribution >= 4 is 41.3 Å². The third-order valence-corrected chi connectivity index (χ3v) is 9.70. The number of aliphatic hydroxyl groups is 1. The molecule has 1 fully saturated rings. The van der Waals surface area contributed by atoms with E-state index in [0.717, 1.165) is 16.7 Å². The molecule has 286 valence electrons. The van der Waals surface area contributed by atoms with Crippen molar-refractivity contribution in [3.8, 4) is 0 Å². The van der Waals surface area contributed by atoms with Crippen LogP contribution in [0, 0.1) is 5.92 Å². The molecular formula is C39H51N5O9. The Morgan fingerprint density at radius 1 is 0.906 bits per heavy atom. The fraction of sp³-hybridized carbons (Fsp3) is 0.513. The van der Waals surface area contributed by atoms with Crippen molar-refractivity contribution in [1.82, 2.24) is 25.8 Å². The highest BCUT2D eigenvalue weighted by Crippen LogP contribution is 2.26. The number of hydrogen-bond acceptors (Lipinski definition) is 9. The molecule has 2 unspecified atom stereocenters. The van der Waals surface area contributed by atoms with Crippen LogP contribution in [0.5, 0.6) is 0 Å². The Labute approximate surface area is 310 Å². The number of likely N-dealkylation sites (tertiary alicyclic amines) is 1. The summed E-state index contributed by atoms with van der Waals surface area (Å²) in [5.74, 6) is -4.96. The fourth-order valence-corrected chi connectivity index (χ4v) is 6.47. The number of carbonyl (C=O) groups excluding carboxylic acids is 7. The first kappa shape index (κ1) is 40.7. The molecule has 0 aliphatic carbocycles. The van der Waals surface area contributed by atoms with E-state index in [1.807, 2.05) is 30.3 Å². The first-order chi connectivity index (χ1) is 25.2. The molecule has 6 atom stereocenters. The maximum absolute atomic E-state index is 14.3. The standard InChI is InChI=1S/C39H51N5O9/c1-6-12-30(34(47)37(50)40-24(4)25(5)45)41-35(48)31-20-29(53-39(52)43-18-17-27-15-10-11-16-28(27)21-43)22-44(31)38(51)33(23(2)3)42-36(49)32(46)19-26-13-8-7-9-14-26/h7-11,13-16,23-24,29-33,46H,6,12,17-22H2,1-5H3,(H,40,50)(H,41,48)(H,42,49)/t24-,29+,30?,31?,32-,33-/m0/s1. The molecule has 2 aliphatic heterocycles. The van der Waals surface area contributed by atoms with E-state index in [9.17, 15) is 38.7 Å². The van der Waals surface area contributed by atoms with Gasteiger partial charge in [-0.1, -0.05) is 81.8 Å². The van der Waals surface area contributed by atoms with Gasteiger partial charge in [-0.3, -0.25) is 28.8 Å². The third-order valence-electron chi connectivity index (χ3n) is 9.70. The second kappa shape index (κ2) is 18.6. The van der Waals surface area contributed by atoms with Gasteiger partial charge in [0, 0.05) is 25.9 Å². The number of aliphatic hydroxyl groups excluding tert-OH is 1.